The number of hydrogen-bond donors (Lipinski definition) is 4. The predicted molar refractivity (Wildman–Crippen MR) is 119 cm³/mol. The van der Waals surface area contributed by atoms with Crippen LogP contribution in [-0.4, -0.2) is 60.6 Å². The van der Waals surface area contributed by atoms with E-state index >= 15 is 0 Å². The topological polar surface area (TPSA) is 134 Å². The molecule has 33 heavy (non-hydrogen) atoms. The molecule has 0 bridgehead atoms. The molecule has 1 saturated carbocycles. The molecule has 0 aromatic heterocycles. The van der Waals surface area contributed by atoms with Gasteiger partial charge >= 0.3 is 5.97 Å². The fraction of sp³-hybridized carbons (Fsp3) is 0.333. The van der Waals surface area contributed by atoms with Crippen molar-refractivity contribution in [2.45, 2.75) is 24.4 Å². The predicted octanol–water partition coefficient (Wildman–Crippen LogP) is 0.184. The summed E-state index contributed by atoms with van der Waals surface area (Å²) in [7, 11) is 1.23. The standard InChI is InChI=1S/C24H27N3O6/c1-33-22(31)19(12-16-8-4-2-5-9-16)26-23(32)24(13-18(24)15-28)27-20(29)14-25-21(30)17-10-6-3-7-11-17/h2-11,18-19,28H,12-15H2,1H3,(H,25,30)(H,26,32)(H,27,29)/t18-,19-,24-/m0/s1. The SMILES string of the molecule is COC(=O)[C@H](Cc1ccccc1)NC(=O)[C@]1(NC(=O)CNC(=O)c2ccccc2)C[C@H]1CO. The van der Waals surface area contributed by atoms with Crippen LogP contribution in [0.2, 0.25) is 0 Å². The molecule has 3 atom stereocenters. The van der Waals surface area contributed by atoms with Crippen molar-refractivity contribution >= 4 is 23.7 Å². The fourth-order valence-electron chi connectivity index (χ4n) is 3.66. The molecule has 2 aromatic carbocycles. The minimum Gasteiger partial charge on any atom is -0.467 e. The number of hydrogen-bond acceptors (Lipinski definition) is 6. The van der Waals surface area contributed by atoms with Gasteiger partial charge in [0.1, 0.15) is 11.6 Å². The molecule has 174 valence electrons. The summed E-state index contributed by atoms with van der Waals surface area (Å²) < 4.78 is 4.82. The van der Waals surface area contributed by atoms with Crippen LogP contribution < -0.4 is 16.0 Å². The summed E-state index contributed by atoms with van der Waals surface area (Å²) in [6, 6.07) is 16.6. The second kappa shape index (κ2) is 10.7. The number of aliphatic hydroxyl groups excluding tert-OH is 1. The number of ether oxygens (including phenoxy) is 1. The Hall–Kier alpha value is -3.72. The number of nitrogens with one attached hydrogen (secondary N) is 3. The third-order valence-corrected chi connectivity index (χ3v) is 5.61. The molecular formula is C24H27N3O6. The maximum absolute atomic E-state index is 13.1. The number of amides is 3. The monoisotopic (exact) mass is 453 g/mol. The number of esters is 1. The van der Waals surface area contributed by atoms with Crippen molar-refractivity contribution in [2.24, 2.45) is 5.92 Å². The van der Waals surface area contributed by atoms with E-state index in [1.165, 1.54) is 7.11 Å². The smallest absolute Gasteiger partial charge is 0.328 e. The van der Waals surface area contributed by atoms with Gasteiger partial charge in [-0.15, -0.1) is 0 Å². The van der Waals surface area contributed by atoms with E-state index in [9.17, 15) is 24.3 Å². The number of methoxy groups -OCH3 is 1. The largest absolute Gasteiger partial charge is 0.467 e. The van der Waals surface area contributed by atoms with Crippen molar-refractivity contribution < 1.29 is 29.0 Å². The number of carbonyl (C=O) groups is 4. The Kier molecular flexibility index (Phi) is 7.78. The Morgan fingerprint density at radius 1 is 1.06 bits per heavy atom. The fourth-order valence-corrected chi connectivity index (χ4v) is 3.66. The quantitative estimate of drug-likeness (QED) is 0.380. The van der Waals surface area contributed by atoms with E-state index in [4.69, 9.17) is 4.74 Å². The Balaban J connectivity index is 1.63. The van der Waals surface area contributed by atoms with Gasteiger partial charge in [0.15, 0.2) is 0 Å². The maximum Gasteiger partial charge on any atom is 0.328 e. The van der Waals surface area contributed by atoms with E-state index in [2.05, 4.69) is 16.0 Å². The van der Waals surface area contributed by atoms with Gasteiger partial charge in [-0.1, -0.05) is 48.5 Å². The Morgan fingerprint density at radius 2 is 1.70 bits per heavy atom. The first kappa shape index (κ1) is 23.9. The zero-order valence-electron chi connectivity index (χ0n) is 18.2. The number of aliphatic hydroxyl groups is 1. The molecule has 3 rings (SSSR count). The van der Waals surface area contributed by atoms with Crippen LogP contribution in [0.25, 0.3) is 0 Å². The average Bonchev–Trinajstić information content (AvgIpc) is 3.56. The van der Waals surface area contributed by atoms with Crippen LogP contribution in [0, 0.1) is 5.92 Å². The number of rotatable bonds is 10. The molecule has 0 saturated heterocycles. The Morgan fingerprint density at radius 3 is 2.27 bits per heavy atom. The van der Waals surface area contributed by atoms with Gasteiger partial charge in [-0.25, -0.2) is 4.79 Å². The summed E-state index contributed by atoms with van der Waals surface area (Å²) >= 11 is 0. The van der Waals surface area contributed by atoms with Crippen LogP contribution in [-0.2, 0) is 25.5 Å². The second-order valence-electron chi connectivity index (χ2n) is 7.89. The summed E-state index contributed by atoms with van der Waals surface area (Å²) in [6.07, 6.45) is 0.424. The molecule has 0 aliphatic heterocycles. The molecule has 0 radical (unpaired) electrons. The van der Waals surface area contributed by atoms with Crippen molar-refractivity contribution in [3.05, 3.63) is 71.8 Å². The van der Waals surface area contributed by atoms with Gasteiger partial charge in [0.2, 0.25) is 11.8 Å². The van der Waals surface area contributed by atoms with Crippen molar-refractivity contribution in [1.82, 2.24) is 16.0 Å². The van der Waals surface area contributed by atoms with Crippen LogP contribution in [0.1, 0.15) is 22.3 Å². The highest BCUT2D eigenvalue weighted by Crippen LogP contribution is 2.43. The van der Waals surface area contributed by atoms with E-state index in [1.54, 1.807) is 30.3 Å². The molecule has 0 spiro atoms. The van der Waals surface area contributed by atoms with Crippen molar-refractivity contribution in [3.8, 4) is 0 Å². The number of carbonyl (C=O) groups excluding carboxylic acids is 4. The Labute approximate surface area is 191 Å². The lowest BCUT2D eigenvalue weighted by molar-refractivity contribution is -0.145. The third kappa shape index (κ3) is 5.95. The van der Waals surface area contributed by atoms with Crippen LogP contribution in [0.15, 0.2) is 60.7 Å². The van der Waals surface area contributed by atoms with E-state index in [-0.39, 0.29) is 26.0 Å². The molecule has 2 aromatic rings. The maximum atomic E-state index is 13.1. The van der Waals surface area contributed by atoms with Crippen molar-refractivity contribution in [1.29, 1.82) is 0 Å². The van der Waals surface area contributed by atoms with Crippen LogP contribution in [0.5, 0.6) is 0 Å². The molecule has 9 heteroatoms. The van der Waals surface area contributed by atoms with E-state index in [0.29, 0.717) is 5.56 Å². The first-order valence-corrected chi connectivity index (χ1v) is 10.6. The lowest BCUT2D eigenvalue weighted by atomic mass is 10.0. The first-order chi connectivity index (χ1) is 15.9. The van der Waals surface area contributed by atoms with Gasteiger partial charge in [-0.2, -0.15) is 0 Å². The molecule has 9 nitrogen and oxygen atoms in total. The Bertz CT molecular complexity index is 998. The van der Waals surface area contributed by atoms with E-state index in [1.807, 2.05) is 30.3 Å². The lowest BCUT2D eigenvalue weighted by Gasteiger charge is -2.23. The molecule has 1 fully saturated rings. The normalized spacial score (nSPS) is 19.6. The summed E-state index contributed by atoms with van der Waals surface area (Å²) in [5.41, 5.74) is -0.129. The zero-order chi connectivity index (χ0) is 23.8. The summed E-state index contributed by atoms with van der Waals surface area (Å²) in [5.74, 6) is -2.71. The van der Waals surface area contributed by atoms with Crippen LogP contribution in [0.4, 0.5) is 0 Å². The highest BCUT2D eigenvalue weighted by atomic mass is 16.5. The number of benzene rings is 2. The van der Waals surface area contributed by atoms with Gasteiger partial charge in [0.25, 0.3) is 5.91 Å². The van der Waals surface area contributed by atoms with Gasteiger partial charge < -0.3 is 25.8 Å². The minimum atomic E-state index is -1.35. The van der Waals surface area contributed by atoms with Crippen LogP contribution in [0.3, 0.4) is 0 Å². The summed E-state index contributed by atoms with van der Waals surface area (Å²) in [5, 5.41) is 17.4. The van der Waals surface area contributed by atoms with Gasteiger partial charge in [0, 0.05) is 24.5 Å². The molecule has 1 aliphatic rings. The molecule has 1 aliphatic carbocycles. The lowest BCUT2D eigenvalue weighted by Crippen LogP contribution is -2.56. The molecule has 3 amide bonds. The molecular weight excluding hydrogens is 426 g/mol. The molecule has 0 heterocycles. The highest BCUT2D eigenvalue weighted by Gasteiger charge is 2.61. The van der Waals surface area contributed by atoms with Crippen molar-refractivity contribution in [2.75, 3.05) is 20.3 Å². The average molecular weight is 453 g/mol. The molecule has 0 unspecified atom stereocenters. The van der Waals surface area contributed by atoms with E-state index < -0.39 is 41.2 Å². The van der Waals surface area contributed by atoms with E-state index in [0.717, 1.165) is 5.56 Å². The first-order valence-electron chi connectivity index (χ1n) is 10.6. The van der Waals surface area contributed by atoms with Gasteiger partial charge in [0.05, 0.1) is 13.7 Å². The summed E-state index contributed by atoms with van der Waals surface area (Å²) in [6.45, 7) is -0.656. The third-order valence-electron chi connectivity index (χ3n) is 5.61. The van der Waals surface area contributed by atoms with Crippen LogP contribution >= 0.6 is 0 Å². The minimum absolute atomic E-state index is 0.209. The summed E-state index contributed by atoms with van der Waals surface area (Å²) in [4.78, 5) is 50.0. The second-order valence-corrected chi connectivity index (χ2v) is 7.89. The molecule has 4 N–H and O–H groups in total. The van der Waals surface area contributed by atoms with Crippen molar-refractivity contribution in [3.63, 3.8) is 0 Å². The highest BCUT2D eigenvalue weighted by molar-refractivity contribution is 5.99. The van der Waals surface area contributed by atoms with Gasteiger partial charge in [-0.3, -0.25) is 14.4 Å². The zero-order valence-corrected chi connectivity index (χ0v) is 18.2. The van der Waals surface area contributed by atoms with Gasteiger partial charge in [-0.05, 0) is 24.1 Å².